The fourth-order valence-electron chi connectivity index (χ4n) is 3.45. The summed E-state index contributed by atoms with van der Waals surface area (Å²) < 4.78 is 2.70. The fraction of sp³-hybridized carbons (Fsp3) is 0.857. The summed E-state index contributed by atoms with van der Waals surface area (Å²) in [5, 5.41) is 11.8. The number of nitrogens with zero attached hydrogens (tertiary/aromatic N) is 4. The molecule has 0 saturated carbocycles. The molecule has 5 nitrogen and oxygen atoms in total. The van der Waals surface area contributed by atoms with E-state index in [-0.39, 0.29) is 11.6 Å². The van der Waals surface area contributed by atoms with Gasteiger partial charge in [-0.3, -0.25) is 4.90 Å². The number of nitrogens with one attached hydrogen (secondary N) is 1. The van der Waals surface area contributed by atoms with Gasteiger partial charge in [-0.1, -0.05) is 32.9 Å². The zero-order chi connectivity index (χ0) is 15.3. The summed E-state index contributed by atoms with van der Waals surface area (Å²) in [6.07, 6.45) is 2.16. The number of hydrogen-bond donors (Lipinski definition) is 1. The highest BCUT2D eigenvalue weighted by Gasteiger charge is 2.42. The molecule has 0 spiro atoms. The molecule has 1 heterocycles. The van der Waals surface area contributed by atoms with Crippen LogP contribution in [-0.4, -0.2) is 45.6 Å². The van der Waals surface area contributed by atoms with Crippen LogP contribution < -0.4 is 5.32 Å². The molecule has 1 N–H and O–H groups in total. The largest absolute Gasteiger partial charge is 0.310 e. The summed E-state index contributed by atoms with van der Waals surface area (Å²) in [7, 11) is 3.98. The molecule has 1 unspecified atom stereocenters. The molecule has 0 bridgehead atoms. The molecule has 0 aliphatic carbocycles. The molecule has 0 radical (unpaired) electrons. The van der Waals surface area contributed by atoms with E-state index >= 15 is 0 Å². The summed E-state index contributed by atoms with van der Waals surface area (Å²) in [5.74, 6) is 0. The van der Waals surface area contributed by atoms with Crippen LogP contribution in [0.3, 0.4) is 0 Å². The Balaban J connectivity index is 3.36. The van der Waals surface area contributed by atoms with Gasteiger partial charge in [0.25, 0.3) is 0 Å². The average molecular weight is 346 g/mol. The Morgan fingerprint density at radius 3 is 2.10 bits per heavy atom. The third-order valence-electron chi connectivity index (χ3n) is 4.54. The van der Waals surface area contributed by atoms with Crippen molar-refractivity contribution < 1.29 is 0 Å². The first-order valence-corrected chi connectivity index (χ1v) is 8.28. The SMILES string of the molecule is CCN(CC)C(CC)(CC)C(NC)c1c(Br)nnn1C. The van der Waals surface area contributed by atoms with Crippen LogP contribution in [0.2, 0.25) is 0 Å². The lowest BCUT2D eigenvalue weighted by atomic mass is 9.81. The molecule has 6 heteroatoms. The van der Waals surface area contributed by atoms with Gasteiger partial charge in [0.2, 0.25) is 0 Å². The summed E-state index contributed by atoms with van der Waals surface area (Å²) in [6, 6.07) is 0.187. The maximum atomic E-state index is 4.15. The molecular formula is C14H28BrN5. The van der Waals surface area contributed by atoms with Crippen molar-refractivity contribution in [3.05, 3.63) is 10.3 Å². The van der Waals surface area contributed by atoms with Gasteiger partial charge in [-0.05, 0) is 48.9 Å². The third-order valence-corrected chi connectivity index (χ3v) is 5.11. The van der Waals surface area contributed by atoms with Crippen LogP contribution in [0.1, 0.15) is 52.3 Å². The van der Waals surface area contributed by atoms with Gasteiger partial charge < -0.3 is 5.32 Å². The molecule has 1 aromatic rings. The van der Waals surface area contributed by atoms with Crippen molar-refractivity contribution in [1.82, 2.24) is 25.2 Å². The lowest BCUT2D eigenvalue weighted by Crippen LogP contribution is -2.56. The van der Waals surface area contributed by atoms with Gasteiger partial charge >= 0.3 is 0 Å². The highest BCUT2D eigenvalue weighted by atomic mass is 79.9. The summed E-state index contributed by atoms with van der Waals surface area (Å²) in [4.78, 5) is 2.55. The molecule has 0 fully saturated rings. The zero-order valence-corrected chi connectivity index (χ0v) is 15.2. The number of aryl methyl sites for hydroxylation is 1. The molecule has 116 valence electrons. The van der Waals surface area contributed by atoms with E-state index in [1.165, 1.54) is 0 Å². The van der Waals surface area contributed by atoms with Gasteiger partial charge in [-0.2, -0.15) is 0 Å². The molecule has 0 aromatic carbocycles. The van der Waals surface area contributed by atoms with Crippen molar-refractivity contribution in [3.63, 3.8) is 0 Å². The number of hydrogen-bond acceptors (Lipinski definition) is 4. The Hall–Kier alpha value is -0.460. The Bertz CT molecular complexity index is 390. The number of halogens is 1. The first kappa shape index (κ1) is 17.6. The van der Waals surface area contributed by atoms with Crippen LogP contribution in [0.15, 0.2) is 4.60 Å². The minimum Gasteiger partial charge on any atom is -0.310 e. The van der Waals surface area contributed by atoms with Crippen molar-refractivity contribution in [2.45, 2.75) is 52.1 Å². The van der Waals surface area contributed by atoms with Gasteiger partial charge in [-0.15, -0.1) is 5.10 Å². The molecule has 0 saturated heterocycles. The molecule has 0 aliphatic rings. The maximum absolute atomic E-state index is 4.15. The second-order valence-electron chi connectivity index (χ2n) is 5.09. The van der Waals surface area contributed by atoms with E-state index in [1.807, 2.05) is 18.8 Å². The minimum absolute atomic E-state index is 0.0657. The average Bonchev–Trinajstić information content (AvgIpc) is 2.79. The number of likely N-dealkylation sites (N-methyl/N-ethyl adjacent to an activating group) is 2. The van der Waals surface area contributed by atoms with Crippen LogP contribution in [0.25, 0.3) is 0 Å². The van der Waals surface area contributed by atoms with Crippen LogP contribution in [-0.2, 0) is 7.05 Å². The Labute approximate surface area is 131 Å². The second-order valence-corrected chi connectivity index (χ2v) is 5.84. The summed E-state index contributed by atoms with van der Waals surface area (Å²) in [5.41, 5.74) is 1.18. The topological polar surface area (TPSA) is 46.0 Å². The van der Waals surface area contributed by atoms with E-state index in [1.54, 1.807) is 0 Å². The molecular weight excluding hydrogens is 318 g/mol. The summed E-state index contributed by atoms with van der Waals surface area (Å²) in [6.45, 7) is 11.1. The third kappa shape index (κ3) is 2.92. The Kier molecular flexibility index (Phi) is 6.61. The highest BCUT2D eigenvalue weighted by Crippen LogP contribution is 2.38. The van der Waals surface area contributed by atoms with Gasteiger partial charge in [0.1, 0.15) is 0 Å². The quantitative estimate of drug-likeness (QED) is 0.786. The van der Waals surface area contributed by atoms with Gasteiger partial charge in [0, 0.05) is 12.6 Å². The van der Waals surface area contributed by atoms with Gasteiger partial charge in [0.15, 0.2) is 4.60 Å². The molecule has 0 aliphatic heterocycles. The van der Waals surface area contributed by atoms with Crippen LogP contribution in [0.4, 0.5) is 0 Å². The van der Waals surface area contributed by atoms with Crippen molar-refractivity contribution in [2.75, 3.05) is 20.1 Å². The monoisotopic (exact) mass is 345 g/mol. The molecule has 1 atom stereocenters. The molecule has 1 rings (SSSR count). The minimum atomic E-state index is 0.0657. The lowest BCUT2D eigenvalue weighted by Gasteiger charge is -2.47. The molecule has 0 amide bonds. The van der Waals surface area contributed by atoms with Crippen molar-refractivity contribution in [1.29, 1.82) is 0 Å². The van der Waals surface area contributed by atoms with Crippen LogP contribution in [0, 0.1) is 0 Å². The van der Waals surface area contributed by atoms with E-state index in [2.05, 4.69) is 64.2 Å². The van der Waals surface area contributed by atoms with Crippen molar-refractivity contribution >= 4 is 15.9 Å². The predicted molar refractivity (Wildman–Crippen MR) is 86.7 cm³/mol. The van der Waals surface area contributed by atoms with E-state index in [0.29, 0.717) is 0 Å². The van der Waals surface area contributed by atoms with Crippen molar-refractivity contribution in [3.8, 4) is 0 Å². The molecule has 20 heavy (non-hydrogen) atoms. The van der Waals surface area contributed by atoms with Crippen molar-refractivity contribution in [2.24, 2.45) is 7.05 Å². The first-order valence-electron chi connectivity index (χ1n) is 7.49. The van der Waals surface area contributed by atoms with E-state index in [9.17, 15) is 0 Å². The zero-order valence-electron chi connectivity index (χ0n) is 13.6. The smallest absolute Gasteiger partial charge is 0.153 e. The van der Waals surface area contributed by atoms with Gasteiger partial charge in [-0.25, -0.2) is 4.68 Å². The first-order chi connectivity index (χ1) is 9.52. The van der Waals surface area contributed by atoms with E-state index in [0.717, 1.165) is 36.2 Å². The summed E-state index contributed by atoms with van der Waals surface area (Å²) >= 11 is 3.55. The van der Waals surface area contributed by atoms with E-state index in [4.69, 9.17) is 0 Å². The van der Waals surface area contributed by atoms with Gasteiger partial charge in [0.05, 0.1) is 11.7 Å². The Morgan fingerprint density at radius 1 is 1.25 bits per heavy atom. The second kappa shape index (κ2) is 7.52. The highest BCUT2D eigenvalue weighted by molar-refractivity contribution is 9.10. The lowest BCUT2D eigenvalue weighted by molar-refractivity contribution is 0.0484. The molecule has 1 aromatic heterocycles. The Morgan fingerprint density at radius 2 is 1.80 bits per heavy atom. The number of rotatable bonds is 8. The number of aromatic nitrogens is 3. The standard InChI is InChI=1S/C14H28BrN5/c1-7-14(8-2,20(9-3)10-4)12(16-5)11-13(15)17-18-19(11)6/h12,16H,7-10H2,1-6H3. The van der Waals surface area contributed by atoms with Crippen LogP contribution >= 0.6 is 15.9 Å². The predicted octanol–water partition coefficient (Wildman–Crippen LogP) is 2.74. The normalized spacial score (nSPS) is 14.0. The van der Waals surface area contributed by atoms with E-state index < -0.39 is 0 Å². The maximum Gasteiger partial charge on any atom is 0.153 e. The van der Waals surface area contributed by atoms with Crippen LogP contribution in [0.5, 0.6) is 0 Å². The fourth-order valence-corrected chi connectivity index (χ4v) is 4.00.